The van der Waals surface area contributed by atoms with Gasteiger partial charge in [-0.2, -0.15) is 0 Å². The molecule has 1 unspecified atom stereocenters. The summed E-state index contributed by atoms with van der Waals surface area (Å²) in [5.74, 6) is 0.0255. The van der Waals surface area contributed by atoms with Crippen LogP contribution in [0.2, 0.25) is 0 Å². The molecule has 1 rings (SSSR count). The van der Waals surface area contributed by atoms with Gasteiger partial charge in [0.1, 0.15) is 6.61 Å². The van der Waals surface area contributed by atoms with E-state index in [1.807, 2.05) is 0 Å². The highest BCUT2D eigenvalue weighted by atomic mass is 16.5. The van der Waals surface area contributed by atoms with Gasteiger partial charge in [-0.05, 0) is 39.3 Å². The van der Waals surface area contributed by atoms with Gasteiger partial charge >= 0.3 is 0 Å². The second-order valence-corrected chi connectivity index (χ2v) is 5.22. The number of piperidine rings is 1. The summed E-state index contributed by atoms with van der Waals surface area (Å²) in [6.45, 7) is 6.47. The molecule has 1 amide bonds. The molecule has 0 bridgehead atoms. The topological polar surface area (TPSA) is 50.4 Å². The van der Waals surface area contributed by atoms with E-state index in [2.05, 4.69) is 24.5 Å². The van der Waals surface area contributed by atoms with Gasteiger partial charge in [-0.15, -0.1) is 0 Å². The quantitative estimate of drug-likeness (QED) is 0.652. The fraction of sp³-hybridized carbons (Fsp3) is 0.929. The van der Waals surface area contributed by atoms with E-state index in [0.717, 1.165) is 32.4 Å². The number of carbonyl (C=O) groups excluding carboxylic acids is 1. The number of ether oxygens (including phenoxy) is 1. The predicted molar refractivity (Wildman–Crippen MR) is 73.6 cm³/mol. The third-order valence-corrected chi connectivity index (χ3v) is 3.38. The van der Waals surface area contributed by atoms with Gasteiger partial charge in [-0.3, -0.25) is 4.79 Å². The van der Waals surface area contributed by atoms with Crippen LogP contribution in [0, 0.1) is 0 Å². The lowest BCUT2D eigenvalue weighted by atomic mass is 10.1. The maximum atomic E-state index is 11.7. The minimum Gasteiger partial charge on any atom is -0.368 e. The van der Waals surface area contributed by atoms with E-state index in [1.54, 1.807) is 0 Å². The van der Waals surface area contributed by atoms with Gasteiger partial charge in [0, 0.05) is 6.04 Å². The van der Waals surface area contributed by atoms with Crippen LogP contribution in [-0.4, -0.2) is 37.7 Å². The first-order valence-corrected chi connectivity index (χ1v) is 7.34. The number of hydrogen-bond donors (Lipinski definition) is 2. The van der Waals surface area contributed by atoms with Crippen LogP contribution in [0.5, 0.6) is 0 Å². The van der Waals surface area contributed by atoms with E-state index in [4.69, 9.17) is 4.74 Å². The average Bonchev–Trinajstić information content (AvgIpc) is 2.38. The van der Waals surface area contributed by atoms with Gasteiger partial charge in [-0.1, -0.05) is 26.2 Å². The van der Waals surface area contributed by atoms with E-state index in [1.165, 1.54) is 19.3 Å². The van der Waals surface area contributed by atoms with Crippen molar-refractivity contribution in [1.82, 2.24) is 10.6 Å². The van der Waals surface area contributed by atoms with Crippen LogP contribution in [0.25, 0.3) is 0 Å². The molecule has 18 heavy (non-hydrogen) atoms. The van der Waals surface area contributed by atoms with Gasteiger partial charge in [0.25, 0.3) is 0 Å². The van der Waals surface area contributed by atoms with Crippen molar-refractivity contribution in [2.45, 2.75) is 64.5 Å². The van der Waals surface area contributed by atoms with Gasteiger partial charge < -0.3 is 15.4 Å². The van der Waals surface area contributed by atoms with Crippen molar-refractivity contribution in [1.29, 1.82) is 0 Å². The molecule has 1 fully saturated rings. The van der Waals surface area contributed by atoms with Crippen molar-refractivity contribution in [3.05, 3.63) is 0 Å². The lowest BCUT2D eigenvalue weighted by Crippen LogP contribution is -2.38. The number of amides is 1. The highest BCUT2D eigenvalue weighted by molar-refractivity contribution is 5.77. The number of carbonyl (C=O) groups is 1. The molecule has 4 heteroatoms. The maximum Gasteiger partial charge on any atom is 0.246 e. The largest absolute Gasteiger partial charge is 0.368 e. The minimum atomic E-state index is 0.0255. The van der Waals surface area contributed by atoms with Crippen LogP contribution in [0.3, 0.4) is 0 Å². The zero-order chi connectivity index (χ0) is 13.2. The summed E-state index contributed by atoms with van der Waals surface area (Å²) in [6, 6.07) is 0.265. The zero-order valence-corrected chi connectivity index (χ0v) is 11.8. The summed E-state index contributed by atoms with van der Waals surface area (Å²) in [6.07, 6.45) is 7.00. The summed E-state index contributed by atoms with van der Waals surface area (Å²) in [5, 5.41) is 6.28. The Balaban J connectivity index is 2.05. The summed E-state index contributed by atoms with van der Waals surface area (Å²) in [4.78, 5) is 11.7. The number of hydrogen-bond acceptors (Lipinski definition) is 3. The first-order chi connectivity index (χ1) is 8.72. The highest BCUT2D eigenvalue weighted by Crippen LogP contribution is 2.07. The van der Waals surface area contributed by atoms with Crippen molar-refractivity contribution in [2.24, 2.45) is 0 Å². The Hall–Kier alpha value is -0.610. The smallest absolute Gasteiger partial charge is 0.246 e. The molecular formula is C14H28N2O2. The van der Waals surface area contributed by atoms with Crippen molar-refractivity contribution in [3.63, 3.8) is 0 Å². The molecule has 0 radical (unpaired) electrons. The van der Waals surface area contributed by atoms with Gasteiger partial charge in [0.05, 0.1) is 6.10 Å². The molecular weight excluding hydrogens is 228 g/mol. The van der Waals surface area contributed by atoms with Crippen molar-refractivity contribution in [3.8, 4) is 0 Å². The molecule has 0 aromatic rings. The number of rotatable bonds is 8. The van der Waals surface area contributed by atoms with Crippen LogP contribution < -0.4 is 10.6 Å². The first-order valence-electron chi connectivity index (χ1n) is 7.34. The molecule has 0 aromatic carbocycles. The summed E-state index contributed by atoms with van der Waals surface area (Å²) < 4.78 is 5.62. The standard InChI is InChI=1S/C14H28N2O2/c1-3-4-5-6-12(2)16-14(17)11-18-13-7-9-15-10-8-13/h12-13,15H,3-11H2,1-2H3,(H,16,17). The molecule has 2 N–H and O–H groups in total. The lowest BCUT2D eigenvalue weighted by molar-refractivity contribution is -0.128. The molecule has 0 aliphatic carbocycles. The molecule has 1 atom stereocenters. The summed E-state index contributed by atoms with van der Waals surface area (Å²) in [5.41, 5.74) is 0. The molecule has 0 aromatic heterocycles. The molecule has 1 aliphatic rings. The monoisotopic (exact) mass is 256 g/mol. The van der Waals surface area contributed by atoms with Crippen molar-refractivity contribution in [2.75, 3.05) is 19.7 Å². The second kappa shape index (κ2) is 9.34. The SMILES string of the molecule is CCCCCC(C)NC(=O)COC1CCNCC1. The van der Waals surface area contributed by atoms with Crippen LogP contribution in [0.4, 0.5) is 0 Å². The maximum absolute atomic E-state index is 11.7. The van der Waals surface area contributed by atoms with Crippen LogP contribution in [-0.2, 0) is 9.53 Å². The molecule has 0 spiro atoms. The fourth-order valence-electron chi connectivity index (χ4n) is 2.24. The summed E-state index contributed by atoms with van der Waals surface area (Å²) in [7, 11) is 0. The zero-order valence-electron chi connectivity index (χ0n) is 11.8. The molecule has 4 nitrogen and oxygen atoms in total. The Morgan fingerprint density at radius 3 is 2.78 bits per heavy atom. The van der Waals surface area contributed by atoms with Crippen molar-refractivity contribution < 1.29 is 9.53 Å². The molecule has 1 heterocycles. The Morgan fingerprint density at radius 1 is 1.39 bits per heavy atom. The van der Waals surface area contributed by atoms with Crippen LogP contribution >= 0.6 is 0 Å². The molecule has 1 aliphatic heterocycles. The Labute approximate surface area is 111 Å². The Kier molecular flexibility index (Phi) is 8.01. The van der Waals surface area contributed by atoms with E-state index >= 15 is 0 Å². The third-order valence-electron chi connectivity index (χ3n) is 3.38. The Morgan fingerprint density at radius 2 is 2.11 bits per heavy atom. The third kappa shape index (κ3) is 6.97. The van der Waals surface area contributed by atoms with Crippen molar-refractivity contribution >= 4 is 5.91 Å². The molecule has 106 valence electrons. The van der Waals surface area contributed by atoms with E-state index < -0.39 is 0 Å². The van der Waals surface area contributed by atoms with Gasteiger partial charge in [-0.25, -0.2) is 0 Å². The van der Waals surface area contributed by atoms with E-state index in [-0.39, 0.29) is 24.7 Å². The molecule has 1 saturated heterocycles. The van der Waals surface area contributed by atoms with Gasteiger partial charge in [0.15, 0.2) is 0 Å². The average molecular weight is 256 g/mol. The number of unbranched alkanes of at least 4 members (excludes halogenated alkanes) is 2. The van der Waals surface area contributed by atoms with Gasteiger partial charge in [0.2, 0.25) is 5.91 Å². The first kappa shape index (κ1) is 15.4. The van der Waals surface area contributed by atoms with E-state index in [0.29, 0.717) is 0 Å². The minimum absolute atomic E-state index is 0.0255. The van der Waals surface area contributed by atoms with Crippen LogP contribution in [0.15, 0.2) is 0 Å². The van der Waals surface area contributed by atoms with E-state index in [9.17, 15) is 4.79 Å². The normalized spacial score (nSPS) is 18.6. The molecule has 0 saturated carbocycles. The van der Waals surface area contributed by atoms with Crippen LogP contribution in [0.1, 0.15) is 52.4 Å². The highest BCUT2D eigenvalue weighted by Gasteiger charge is 2.15. The fourth-order valence-corrected chi connectivity index (χ4v) is 2.24. The second-order valence-electron chi connectivity index (χ2n) is 5.22. The number of nitrogens with one attached hydrogen (secondary N) is 2. The predicted octanol–water partition coefficient (Wildman–Crippen LogP) is 1.84. The summed E-state index contributed by atoms with van der Waals surface area (Å²) >= 11 is 0. The lowest BCUT2D eigenvalue weighted by Gasteiger charge is -2.23. The Bertz CT molecular complexity index is 228.